The van der Waals surface area contributed by atoms with E-state index in [9.17, 15) is 4.79 Å². The van der Waals surface area contributed by atoms with Crippen LogP contribution in [0.2, 0.25) is 5.02 Å². The monoisotopic (exact) mass is 312 g/mol. The van der Waals surface area contributed by atoms with E-state index >= 15 is 0 Å². The highest BCUT2D eigenvalue weighted by Gasteiger charge is 2.21. The van der Waals surface area contributed by atoms with Crippen LogP contribution in [0, 0.1) is 0 Å². The minimum absolute atomic E-state index is 0.0706. The quantitative estimate of drug-likeness (QED) is 0.656. The zero-order valence-corrected chi connectivity index (χ0v) is 13.3. The number of hydrogen-bond acceptors (Lipinski definition) is 3. The molecule has 1 aliphatic carbocycles. The van der Waals surface area contributed by atoms with E-state index < -0.39 is 0 Å². The Morgan fingerprint density at radius 1 is 1.40 bits per heavy atom. The van der Waals surface area contributed by atoms with Crippen LogP contribution in [0.4, 0.5) is 5.69 Å². The normalized spacial score (nSPS) is 17.7. The van der Waals surface area contributed by atoms with Crippen LogP contribution < -0.4 is 11.1 Å². The number of amides is 1. The third kappa shape index (κ3) is 4.06. The van der Waals surface area contributed by atoms with Gasteiger partial charge in [0.2, 0.25) is 5.91 Å². The number of carbonyl (C=O) groups excluding carboxylic acids is 1. The molecule has 0 aliphatic heterocycles. The number of rotatable bonds is 4. The van der Waals surface area contributed by atoms with Crippen molar-refractivity contribution in [3.8, 4) is 0 Å². The maximum absolute atomic E-state index is 12.2. The average molecular weight is 313 g/mol. The average Bonchev–Trinajstić information content (AvgIpc) is 2.44. The van der Waals surface area contributed by atoms with E-state index in [2.05, 4.69) is 5.32 Å². The largest absolute Gasteiger partial charge is 0.398 e. The molecule has 0 radical (unpaired) electrons. The third-order valence-corrected chi connectivity index (χ3v) is 5.30. The summed E-state index contributed by atoms with van der Waals surface area (Å²) >= 11 is 7.56. The van der Waals surface area contributed by atoms with Gasteiger partial charge in [0.05, 0.1) is 10.3 Å². The Hall–Kier alpha value is -0.870. The minimum Gasteiger partial charge on any atom is -0.398 e. The van der Waals surface area contributed by atoms with Gasteiger partial charge < -0.3 is 11.1 Å². The van der Waals surface area contributed by atoms with Crippen molar-refractivity contribution in [2.24, 2.45) is 0 Å². The highest BCUT2D eigenvalue weighted by atomic mass is 35.5. The number of hydrogen-bond donors (Lipinski definition) is 2. The molecular formula is C15H21ClN2OS. The lowest BCUT2D eigenvalue weighted by Crippen LogP contribution is -2.40. The topological polar surface area (TPSA) is 55.1 Å². The van der Waals surface area contributed by atoms with Gasteiger partial charge in [0.1, 0.15) is 0 Å². The van der Waals surface area contributed by atoms with E-state index in [-0.39, 0.29) is 11.2 Å². The molecule has 0 aromatic heterocycles. The first-order valence-corrected chi connectivity index (χ1v) is 8.34. The van der Waals surface area contributed by atoms with Crippen LogP contribution in [0.1, 0.15) is 39.0 Å². The predicted octanol–water partition coefficient (Wildman–Crippen LogP) is 3.85. The summed E-state index contributed by atoms with van der Waals surface area (Å²) in [7, 11) is 0. The summed E-state index contributed by atoms with van der Waals surface area (Å²) in [6.45, 7) is 1.89. The molecule has 1 fully saturated rings. The van der Waals surface area contributed by atoms with Gasteiger partial charge in [-0.2, -0.15) is 0 Å². The van der Waals surface area contributed by atoms with E-state index in [1.165, 1.54) is 31.0 Å². The van der Waals surface area contributed by atoms with Crippen molar-refractivity contribution in [1.82, 2.24) is 5.32 Å². The summed E-state index contributed by atoms with van der Waals surface area (Å²) in [5.41, 5.74) is 6.54. The van der Waals surface area contributed by atoms with Gasteiger partial charge >= 0.3 is 0 Å². The fourth-order valence-electron chi connectivity index (χ4n) is 2.45. The van der Waals surface area contributed by atoms with Crippen molar-refractivity contribution in [2.75, 3.05) is 5.73 Å². The molecule has 0 bridgehead atoms. The lowest BCUT2D eigenvalue weighted by molar-refractivity contribution is -0.121. The van der Waals surface area contributed by atoms with E-state index in [0.717, 1.165) is 17.7 Å². The molecule has 0 heterocycles. The van der Waals surface area contributed by atoms with Crippen molar-refractivity contribution < 1.29 is 4.79 Å². The molecule has 3 N–H and O–H groups in total. The lowest BCUT2D eigenvalue weighted by atomic mass is 9.95. The van der Waals surface area contributed by atoms with Crippen molar-refractivity contribution in [1.29, 1.82) is 0 Å². The molecule has 1 unspecified atom stereocenters. The molecule has 20 heavy (non-hydrogen) atoms. The van der Waals surface area contributed by atoms with Crippen LogP contribution in [0.15, 0.2) is 23.1 Å². The molecule has 1 saturated carbocycles. The number of anilines is 1. The first-order valence-electron chi connectivity index (χ1n) is 7.09. The summed E-state index contributed by atoms with van der Waals surface area (Å²) in [6, 6.07) is 5.75. The third-order valence-electron chi connectivity index (χ3n) is 3.61. The highest BCUT2D eigenvalue weighted by Crippen LogP contribution is 2.35. The standard InChI is InChI=1S/C15H21ClN2OS/c1-10(15(19)18-11-6-3-2-4-7-11)20-14-12(16)8-5-9-13(14)17/h5,8-11H,2-4,6-7,17H2,1H3,(H,18,19). The van der Waals surface area contributed by atoms with Crippen LogP contribution in [0.25, 0.3) is 0 Å². The molecule has 5 heteroatoms. The number of nitrogen functional groups attached to an aromatic ring is 1. The number of halogens is 1. The fourth-order valence-corrected chi connectivity index (χ4v) is 3.67. The molecule has 0 spiro atoms. The van der Waals surface area contributed by atoms with Crippen LogP contribution in [-0.2, 0) is 4.79 Å². The molecule has 1 aromatic carbocycles. The second-order valence-electron chi connectivity index (χ2n) is 5.26. The Balaban J connectivity index is 1.93. The van der Waals surface area contributed by atoms with Gasteiger partial charge in [-0.1, -0.05) is 36.9 Å². The second kappa shape index (κ2) is 7.23. The van der Waals surface area contributed by atoms with Crippen molar-refractivity contribution in [3.05, 3.63) is 23.2 Å². The van der Waals surface area contributed by atoms with Crippen molar-refractivity contribution in [3.63, 3.8) is 0 Å². The van der Waals surface area contributed by atoms with Gasteiger partial charge in [-0.25, -0.2) is 0 Å². The van der Waals surface area contributed by atoms with Crippen LogP contribution >= 0.6 is 23.4 Å². The van der Waals surface area contributed by atoms with Gasteiger partial charge in [-0.15, -0.1) is 11.8 Å². The Labute approximate surface area is 129 Å². The van der Waals surface area contributed by atoms with Gasteiger partial charge in [-0.05, 0) is 31.9 Å². The number of thioether (sulfide) groups is 1. The number of carbonyl (C=O) groups is 1. The molecule has 0 saturated heterocycles. The van der Waals surface area contributed by atoms with Crippen molar-refractivity contribution in [2.45, 2.75) is 55.2 Å². The summed E-state index contributed by atoms with van der Waals surface area (Å²) in [5, 5.41) is 3.54. The zero-order chi connectivity index (χ0) is 14.5. The van der Waals surface area contributed by atoms with Gasteiger partial charge in [-0.3, -0.25) is 4.79 Å². The Morgan fingerprint density at radius 2 is 2.10 bits per heavy atom. The summed E-state index contributed by atoms with van der Waals surface area (Å²) in [6.07, 6.45) is 5.90. The Morgan fingerprint density at radius 3 is 2.75 bits per heavy atom. The van der Waals surface area contributed by atoms with Gasteiger partial charge in [0.25, 0.3) is 0 Å². The predicted molar refractivity (Wildman–Crippen MR) is 86.2 cm³/mol. The molecule has 2 rings (SSSR count). The molecule has 1 aliphatic rings. The fraction of sp³-hybridized carbons (Fsp3) is 0.533. The van der Waals surface area contributed by atoms with E-state index in [1.807, 2.05) is 13.0 Å². The molecule has 110 valence electrons. The minimum atomic E-state index is -0.195. The van der Waals surface area contributed by atoms with Gasteiger partial charge in [0.15, 0.2) is 0 Å². The van der Waals surface area contributed by atoms with E-state index in [1.54, 1.807) is 12.1 Å². The first-order chi connectivity index (χ1) is 9.58. The summed E-state index contributed by atoms with van der Waals surface area (Å²) in [4.78, 5) is 13.0. The molecule has 1 atom stereocenters. The van der Waals surface area contributed by atoms with Crippen molar-refractivity contribution >= 4 is 35.0 Å². The highest BCUT2D eigenvalue weighted by molar-refractivity contribution is 8.00. The second-order valence-corrected chi connectivity index (χ2v) is 7.02. The summed E-state index contributed by atoms with van der Waals surface area (Å²) < 4.78 is 0. The van der Waals surface area contributed by atoms with Crippen LogP contribution in [0.5, 0.6) is 0 Å². The van der Waals surface area contributed by atoms with Crippen LogP contribution in [0.3, 0.4) is 0 Å². The van der Waals surface area contributed by atoms with E-state index in [0.29, 0.717) is 16.8 Å². The molecule has 1 aromatic rings. The molecule has 3 nitrogen and oxygen atoms in total. The Kier molecular flexibility index (Phi) is 5.61. The molecular weight excluding hydrogens is 292 g/mol. The zero-order valence-electron chi connectivity index (χ0n) is 11.7. The summed E-state index contributed by atoms with van der Waals surface area (Å²) in [5.74, 6) is 0.0706. The molecule has 1 amide bonds. The van der Waals surface area contributed by atoms with E-state index in [4.69, 9.17) is 17.3 Å². The first kappa shape index (κ1) is 15.5. The number of benzene rings is 1. The van der Waals surface area contributed by atoms with Gasteiger partial charge in [0, 0.05) is 16.6 Å². The maximum atomic E-state index is 12.2. The number of nitrogens with two attached hydrogens (primary N) is 1. The lowest BCUT2D eigenvalue weighted by Gasteiger charge is -2.24. The number of nitrogens with one attached hydrogen (secondary N) is 1. The maximum Gasteiger partial charge on any atom is 0.233 e. The Bertz CT molecular complexity index is 455. The SMILES string of the molecule is CC(Sc1c(N)cccc1Cl)C(=O)NC1CCCCC1. The van der Waals surface area contributed by atoms with Crippen LogP contribution in [-0.4, -0.2) is 17.2 Å². The smallest absolute Gasteiger partial charge is 0.233 e.